The van der Waals surface area contributed by atoms with Crippen LogP contribution in [0.25, 0.3) is 11.8 Å². The smallest absolute Gasteiger partial charge is 0.295 e. The van der Waals surface area contributed by atoms with Gasteiger partial charge in [0.1, 0.15) is 15.8 Å². The van der Waals surface area contributed by atoms with Gasteiger partial charge >= 0.3 is 0 Å². The molecule has 2 heterocycles. The molecule has 0 unspecified atom stereocenters. The number of nitrogens with zero attached hydrogens (tertiary/aromatic N) is 3. The van der Waals surface area contributed by atoms with E-state index in [2.05, 4.69) is 5.32 Å². The van der Waals surface area contributed by atoms with Crippen LogP contribution in [0.1, 0.15) is 36.9 Å². The number of rotatable bonds is 10. The number of thiocarbonyl (C=S) groups is 1. The summed E-state index contributed by atoms with van der Waals surface area (Å²) in [5, 5.41) is 2.79. The number of amides is 2. The summed E-state index contributed by atoms with van der Waals surface area (Å²) in [6, 6.07) is 16.8. The number of para-hydroxylation sites is 1. The van der Waals surface area contributed by atoms with E-state index >= 15 is 0 Å². The lowest BCUT2D eigenvalue weighted by Crippen LogP contribution is -2.29. The largest absolute Gasteiger partial charge is 0.497 e. The zero-order valence-corrected chi connectivity index (χ0v) is 23.2. The SMILES string of the molecule is COc1ccc(/C=C2/SC(=S)N(CCCCCC(=O)Nc3c(C)n(C)n(-c4ccccc4)c3=O)C2=O)cc1. The van der Waals surface area contributed by atoms with Crippen LogP contribution in [-0.2, 0) is 16.6 Å². The molecule has 0 aliphatic carbocycles. The molecule has 0 spiro atoms. The summed E-state index contributed by atoms with van der Waals surface area (Å²) in [7, 11) is 3.40. The molecular weight excluding hydrogens is 520 g/mol. The van der Waals surface area contributed by atoms with Gasteiger partial charge in [0.05, 0.1) is 23.4 Å². The number of hydrogen-bond donors (Lipinski definition) is 1. The maximum atomic E-state index is 13.0. The van der Waals surface area contributed by atoms with Gasteiger partial charge in [-0.25, -0.2) is 4.68 Å². The molecule has 0 bridgehead atoms. The summed E-state index contributed by atoms with van der Waals surface area (Å²) in [4.78, 5) is 40.6. The standard InChI is InChI=1S/C28H30N4O4S2/c1-19-25(27(35)32(30(19)2)21-10-6-4-7-11-21)29-24(33)12-8-5-9-17-31-26(34)23(38-28(31)37)18-20-13-15-22(36-3)16-14-20/h4,6-7,10-11,13-16,18H,5,8-9,12,17H2,1-3H3,(H,29,33)/b23-18+. The Morgan fingerprint density at radius 1 is 1.05 bits per heavy atom. The molecule has 1 N–H and O–H groups in total. The number of carbonyl (C=O) groups is 2. The van der Waals surface area contributed by atoms with E-state index in [1.807, 2.05) is 67.6 Å². The third-order valence-corrected chi connectivity index (χ3v) is 7.77. The quantitative estimate of drug-likeness (QED) is 0.220. The predicted molar refractivity (Wildman–Crippen MR) is 156 cm³/mol. The van der Waals surface area contributed by atoms with Crippen LogP contribution < -0.4 is 15.6 Å². The molecule has 1 fully saturated rings. The number of methoxy groups -OCH3 is 1. The van der Waals surface area contributed by atoms with Gasteiger partial charge in [-0.3, -0.25) is 24.0 Å². The number of hydrogen-bond acceptors (Lipinski definition) is 6. The number of benzene rings is 2. The van der Waals surface area contributed by atoms with Crippen LogP contribution in [0.2, 0.25) is 0 Å². The van der Waals surface area contributed by atoms with E-state index in [4.69, 9.17) is 17.0 Å². The van der Waals surface area contributed by atoms with E-state index in [1.54, 1.807) is 23.7 Å². The molecule has 2 aromatic carbocycles. The molecule has 1 aliphatic rings. The number of anilines is 1. The molecule has 1 saturated heterocycles. The molecule has 198 valence electrons. The van der Waals surface area contributed by atoms with Gasteiger partial charge in [-0.2, -0.15) is 0 Å². The summed E-state index contributed by atoms with van der Waals surface area (Å²) < 4.78 is 8.99. The summed E-state index contributed by atoms with van der Waals surface area (Å²) in [6.45, 7) is 2.31. The zero-order valence-electron chi connectivity index (χ0n) is 21.6. The van der Waals surface area contributed by atoms with Gasteiger partial charge < -0.3 is 10.1 Å². The highest BCUT2D eigenvalue weighted by molar-refractivity contribution is 8.26. The predicted octanol–water partition coefficient (Wildman–Crippen LogP) is 4.89. The first kappa shape index (κ1) is 27.4. The van der Waals surface area contributed by atoms with Crippen molar-refractivity contribution in [1.82, 2.24) is 14.3 Å². The van der Waals surface area contributed by atoms with E-state index in [0.29, 0.717) is 33.6 Å². The second-order valence-corrected chi connectivity index (χ2v) is 10.6. The van der Waals surface area contributed by atoms with Gasteiger partial charge in [-0.1, -0.05) is 60.7 Å². The van der Waals surface area contributed by atoms with E-state index in [1.165, 1.54) is 16.4 Å². The van der Waals surface area contributed by atoms with Crippen molar-refractivity contribution in [3.63, 3.8) is 0 Å². The Morgan fingerprint density at radius 3 is 2.45 bits per heavy atom. The second-order valence-electron chi connectivity index (χ2n) is 8.90. The number of ether oxygens (including phenoxy) is 1. The molecule has 8 nitrogen and oxygen atoms in total. The van der Waals surface area contributed by atoms with Crippen molar-refractivity contribution in [1.29, 1.82) is 0 Å². The van der Waals surface area contributed by atoms with Crippen molar-refractivity contribution >= 4 is 51.9 Å². The molecule has 1 aliphatic heterocycles. The van der Waals surface area contributed by atoms with Gasteiger partial charge in [0, 0.05) is 20.0 Å². The Labute approximate surface area is 231 Å². The Hall–Kier alpha value is -3.63. The van der Waals surface area contributed by atoms with Crippen LogP contribution in [-0.4, -0.2) is 44.1 Å². The number of nitrogens with one attached hydrogen (secondary N) is 1. The average molecular weight is 551 g/mol. The molecule has 2 amide bonds. The van der Waals surface area contributed by atoms with Crippen LogP contribution in [0.5, 0.6) is 5.75 Å². The molecule has 3 aromatic rings. The summed E-state index contributed by atoms with van der Waals surface area (Å²) in [5.41, 5.74) is 2.35. The van der Waals surface area contributed by atoms with Crippen LogP contribution >= 0.6 is 24.0 Å². The van der Waals surface area contributed by atoms with E-state index in [9.17, 15) is 14.4 Å². The molecule has 10 heteroatoms. The Balaban J connectivity index is 1.26. The number of aromatic nitrogens is 2. The van der Waals surface area contributed by atoms with Crippen molar-refractivity contribution in [2.45, 2.75) is 32.6 Å². The minimum Gasteiger partial charge on any atom is -0.497 e. The molecule has 1 aromatic heterocycles. The van der Waals surface area contributed by atoms with Crippen LogP contribution in [0.4, 0.5) is 5.69 Å². The molecular formula is C28H30N4O4S2. The number of unbranched alkanes of at least 4 members (excludes halogenated alkanes) is 2. The molecule has 4 rings (SSSR count). The van der Waals surface area contributed by atoms with Gasteiger partial charge in [-0.15, -0.1) is 0 Å². The van der Waals surface area contributed by atoms with Gasteiger partial charge in [0.15, 0.2) is 0 Å². The lowest BCUT2D eigenvalue weighted by Gasteiger charge is -2.14. The molecule has 0 saturated carbocycles. The molecule has 0 atom stereocenters. The summed E-state index contributed by atoms with van der Waals surface area (Å²) in [6.07, 6.45) is 4.24. The maximum Gasteiger partial charge on any atom is 0.295 e. The lowest BCUT2D eigenvalue weighted by atomic mass is 10.1. The number of thioether (sulfide) groups is 1. The molecule has 0 radical (unpaired) electrons. The van der Waals surface area contributed by atoms with Gasteiger partial charge in [-0.05, 0) is 55.7 Å². The van der Waals surface area contributed by atoms with E-state index < -0.39 is 0 Å². The second kappa shape index (κ2) is 12.3. The topological polar surface area (TPSA) is 85.6 Å². The maximum absolute atomic E-state index is 13.0. The Bertz CT molecular complexity index is 1430. The normalized spacial score (nSPS) is 14.4. The van der Waals surface area contributed by atoms with Crippen LogP contribution in [0.3, 0.4) is 0 Å². The fourth-order valence-corrected chi connectivity index (χ4v) is 5.50. The third-order valence-electron chi connectivity index (χ3n) is 6.39. The lowest BCUT2D eigenvalue weighted by molar-refractivity contribution is -0.122. The third kappa shape index (κ3) is 6.08. The van der Waals surface area contributed by atoms with E-state index in [0.717, 1.165) is 29.8 Å². The van der Waals surface area contributed by atoms with Crippen LogP contribution in [0, 0.1) is 6.92 Å². The van der Waals surface area contributed by atoms with Crippen molar-refractivity contribution in [2.24, 2.45) is 7.05 Å². The van der Waals surface area contributed by atoms with Crippen molar-refractivity contribution in [2.75, 3.05) is 19.0 Å². The van der Waals surface area contributed by atoms with E-state index in [-0.39, 0.29) is 23.8 Å². The monoisotopic (exact) mass is 550 g/mol. The molecule has 38 heavy (non-hydrogen) atoms. The van der Waals surface area contributed by atoms with Crippen molar-refractivity contribution < 1.29 is 14.3 Å². The van der Waals surface area contributed by atoms with Crippen LogP contribution in [0.15, 0.2) is 64.3 Å². The number of carbonyl (C=O) groups excluding carboxylic acids is 2. The summed E-state index contributed by atoms with van der Waals surface area (Å²) >= 11 is 6.73. The highest BCUT2D eigenvalue weighted by Gasteiger charge is 2.31. The Kier molecular flexibility index (Phi) is 8.85. The first-order valence-electron chi connectivity index (χ1n) is 12.3. The van der Waals surface area contributed by atoms with Gasteiger partial charge in [0.25, 0.3) is 11.5 Å². The fraction of sp³-hybridized carbons (Fsp3) is 0.286. The Morgan fingerprint density at radius 2 is 1.76 bits per heavy atom. The fourth-order valence-electron chi connectivity index (χ4n) is 4.19. The van der Waals surface area contributed by atoms with Gasteiger partial charge in [0.2, 0.25) is 5.91 Å². The minimum atomic E-state index is -0.262. The summed E-state index contributed by atoms with van der Waals surface area (Å²) in [5.74, 6) is 0.457. The average Bonchev–Trinajstić information content (AvgIpc) is 3.30. The highest BCUT2D eigenvalue weighted by atomic mass is 32.2. The first-order chi connectivity index (χ1) is 18.3. The van der Waals surface area contributed by atoms with Crippen molar-refractivity contribution in [3.05, 3.63) is 81.1 Å². The van der Waals surface area contributed by atoms with Crippen molar-refractivity contribution in [3.8, 4) is 11.4 Å². The highest BCUT2D eigenvalue weighted by Crippen LogP contribution is 2.33. The zero-order chi connectivity index (χ0) is 27.2. The first-order valence-corrected chi connectivity index (χ1v) is 13.6. The minimum absolute atomic E-state index is 0.0946.